The first-order valence-electron chi connectivity index (χ1n) is 12.1. The molecule has 0 N–H and O–H groups in total. The van der Waals surface area contributed by atoms with Gasteiger partial charge in [0, 0.05) is 22.2 Å². The molecule has 2 aromatic carbocycles. The van der Waals surface area contributed by atoms with Gasteiger partial charge in [0.05, 0.1) is 6.20 Å². The summed E-state index contributed by atoms with van der Waals surface area (Å²) in [4.78, 5) is 14.3. The number of aromatic nitrogens is 2. The Morgan fingerprint density at radius 2 is 1.59 bits per heavy atom. The van der Waals surface area contributed by atoms with Crippen LogP contribution >= 0.6 is 0 Å². The average Bonchev–Trinajstić information content (AvgIpc) is 3.18. The highest BCUT2D eigenvalue weighted by molar-refractivity contribution is 5.89. The third-order valence-corrected chi connectivity index (χ3v) is 8.38. The lowest BCUT2D eigenvalue weighted by molar-refractivity contribution is 0.0723. The Morgan fingerprint density at radius 3 is 2.28 bits per heavy atom. The van der Waals surface area contributed by atoms with Gasteiger partial charge >= 0.3 is 0 Å². The van der Waals surface area contributed by atoms with Gasteiger partial charge in [-0.25, -0.2) is 9.97 Å². The second-order valence-corrected chi connectivity index (χ2v) is 9.61. The van der Waals surface area contributed by atoms with Crippen molar-refractivity contribution in [2.45, 2.75) is 71.9 Å². The smallest absolute Gasteiger partial charge is 0.162 e. The van der Waals surface area contributed by atoms with Crippen LogP contribution in [0.15, 0.2) is 61.1 Å². The number of fused-ring (bicyclic) bond motifs is 5. The molecule has 0 fully saturated rings. The van der Waals surface area contributed by atoms with Crippen molar-refractivity contribution >= 4 is 22.9 Å². The molecule has 4 nitrogen and oxygen atoms in total. The summed E-state index contributed by atoms with van der Waals surface area (Å²) in [5.74, 6) is 1.02. The first kappa shape index (κ1) is 21.0. The predicted molar refractivity (Wildman–Crippen MR) is 133 cm³/mol. The van der Waals surface area contributed by atoms with Gasteiger partial charge in [-0.15, -0.1) is 0 Å². The van der Waals surface area contributed by atoms with Crippen molar-refractivity contribution in [2.75, 3.05) is 9.80 Å². The fourth-order valence-electron chi connectivity index (χ4n) is 6.73. The molecule has 0 aliphatic carbocycles. The number of rotatable bonds is 5. The van der Waals surface area contributed by atoms with Gasteiger partial charge in [-0.3, -0.25) is 0 Å². The molecule has 0 saturated carbocycles. The zero-order valence-electron chi connectivity index (χ0n) is 20.0. The quantitative estimate of drug-likeness (QED) is 0.429. The minimum Gasteiger partial charge on any atom is -0.315 e. The number of nitrogens with zero attached hydrogens (tertiary/aromatic N) is 4. The molecule has 5 rings (SSSR count). The number of anilines is 4. The van der Waals surface area contributed by atoms with Crippen LogP contribution in [0.2, 0.25) is 0 Å². The molecule has 0 radical (unpaired) electrons. The highest BCUT2D eigenvalue weighted by Gasteiger charge is 2.62. The molecule has 0 spiro atoms. The predicted octanol–water partition coefficient (Wildman–Crippen LogP) is 7.28. The van der Waals surface area contributed by atoms with E-state index in [0.717, 1.165) is 24.3 Å². The largest absolute Gasteiger partial charge is 0.315 e. The molecule has 3 aromatic rings. The van der Waals surface area contributed by atoms with Crippen molar-refractivity contribution in [3.8, 4) is 0 Å². The van der Waals surface area contributed by atoms with Crippen molar-refractivity contribution in [3.63, 3.8) is 0 Å². The Kier molecular flexibility index (Phi) is 4.99. The van der Waals surface area contributed by atoms with E-state index in [1.807, 2.05) is 6.20 Å². The van der Waals surface area contributed by atoms with Crippen LogP contribution in [-0.4, -0.2) is 16.1 Å². The molecule has 0 saturated heterocycles. The van der Waals surface area contributed by atoms with Crippen LogP contribution in [0.5, 0.6) is 0 Å². The Bertz CT molecular complexity index is 1140. The summed E-state index contributed by atoms with van der Waals surface area (Å²) in [6, 6.07) is 17.8. The highest BCUT2D eigenvalue weighted by Crippen LogP contribution is 2.65. The van der Waals surface area contributed by atoms with Crippen LogP contribution in [0.4, 0.5) is 22.9 Å². The molecular formula is C28H34N4. The standard InChI is InChI=1S/C28H34N4/c1-6-17-28(8-3)21-14-10-12-16-23(21)32-25-24(18-29-19-30-25)31(26(32)27(28,5)7-2)22-15-11-9-13-20(22)4/h9-16,18-19,26H,6-8,17H2,1-5H3. The zero-order chi connectivity index (χ0) is 22.5. The van der Waals surface area contributed by atoms with Crippen molar-refractivity contribution in [2.24, 2.45) is 5.41 Å². The van der Waals surface area contributed by atoms with Crippen LogP contribution in [0, 0.1) is 12.3 Å². The molecule has 1 aromatic heterocycles. The van der Waals surface area contributed by atoms with E-state index in [4.69, 9.17) is 4.98 Å². The van der Waals surface area contributed by atoms with E-state index in [0.29, 0.717) is 0 Å². The average molecular weight is 427 g/mol. The van der Waals surface area contributed by atoms with Crippen LogP contribution < -0.4 is 9.80 Å². The van der Waals surface area contributed by atoms with Crippen molar-refractivity contribution in [1.29, 1.82) is 0 Å². The number of aryl methyl sites for hydroxylation is 1. The van der Waals surface area contributed by atoms with Gasteiger partial charge in [-0.05, 0) is 49.4 Å². The minimum absolute atomic E-state index is 0.00902. The maximum Gasteiger partial charge on any atom is 0.162 e. The summed E-state index contributed by atoms with van der Waals surface area (Å²) >= 11 is 0. The Balaban J connectivity index is 1.88. The van der Waals surface area contributed by atoms with E-state index in [2.05, 4.69) is 97.9 Å². The Hall–Kier alpha value is -2.88. The maximum absolute atomic E-state index is 4.84. The van der Waals surface area contributed by atoms with E-state index in [-0.39, 0.29) is 17.0 Å². The lowest BCUT2D eigenvalue weighted by Gasteiger charge is -2.60. The molecule has 0 amide bonds. The highest BCUT2D eigenvalue weighted by atomic mass is 15.5. The van der Waals surface area contributed by atoms with Gasteiger partial charge in [0.15, 0.2) is 5.82 Å². The van der Waals surface area contributed by atoms with E-state index in [1.54, 1.807) is 6.33 Å². The first-order valence-corrected chi connectivity index (χ1v) is 12.1. The summed E-state index contributed by atoms with van der Waals surface area (Å²) in [6.07, 6.45) is 8.38. The third-order valence-electron chi connectivity index (χ3n) is 8.38. The maximum atomic E-state index is 4.84. The van der Waals surface area contributed by atoms with E-state index in [9.17, 15) is 0 Å². The van der Waals surface area contributed by atoms with Crippen molar-refractivity contribution < 1.29 is 0 Å². The topological polar surface area (TPSA) is 32.3 Å². The molecule has 2 aliphatic heterocycles. The summed E-state index contributed by atoms with van der Waals surface area (Å²) in [5, 5.41) is 0. The van der Waals surface area contributed by atoms with Gasteiger partial charge in [0.1, 0.15) is 18.2 Å². The number of hydrogen-bond acceptors (Lipinski definition) is 4. The molecule has 2 aliphatic rings. The molecule has 3 unspecified atom stereocenters. The van der Waals surface area contributed by atoms with Crippen molar-refractivity contribution in [1.82, 2.24) is 9.97 Å². The summed E-state index contributed by atoms with van der Waals surface area (Å²) in [6.45, 7) is 11.8. The third kappa shape index (κ3) is 2.55. The number of para-hydroxylation sites is 2. The monoisotopic (exact) mass is 426 g/mol. The van der Waals surface area contributed by atoms with E-state index in [1.165, 1.54) is 35.3 Å². The van der Waals surface area contributed by atoms with Gasteiger partial charge < -0.3 is 9.80 Å². The van der Waals surface area contributed by atoms with Gasteiger partial charge in [0.2, 0.25) is 0 Å². The molecule has 3 atom stereocenters. The summed E-state index contributed by atoms with van der Waals surface area (Å²) < 4.78 is 0. The molecule has 166 valence electrons. The van der Waals surface area contributed by atoms with Crippen molar-refractivity contribution in [3.05, 3.63) is 72.2 Å². The lowest BCUT2D eigenvalue weighted by atomic mass is 9.52. The number of benzene rings is 2. The van der Waals surface area contributed by atoms with Gasteiger partial charge in [-0.2, -0.15) is 0 Å². The SMILES string of the molecule is CCCC1(CC)c2ccccc2N2c3ncncc3N(c3ccccc3C)C2C1(C)CC. The zero-order valence-corrected chi connectivity index (χ0v) is 20.0. The van der Waals surface area contributed by atoms with E-state index >= 15 is 0 Å². The van der Waals surface area contributed by atoms with Gasteiger partial charge in [0.25, 0.3) is 0 Å². The summed E-state index contributed by atoms with van der Waals surface area (Å²) in [7, 11) is 0. The summed E-state index contributed by atoms with van der Waals surface area (Å²) in [5.41, 5.74) is 6.50. The Morgan fingerprint density at radius 1 is 0.875 bits per heavy atom. The fourth-order valence-corrected chi connectivity index (χ4v) is 6.73. The van der Waals surface area contributed by atoms with Crippen LogP contribution in [-0.2, 0) is 5.41 Å². The lowest BCUT2D eigenvalue weighted by Crippen LogP contribution is -2.63. The molecule has 0 bridgehead atoms. The van der Waals surface area contributed by atoms with Crippen LogP contribution in [0.3, 0.4) is 0 Å². The fraction of sp³-hybridized carbons (Fsp3) is 0.429. The normalized spacial score (nSPS) is 26.0. The minimum atomic E-state index is 0.00902. The second kappa shape index (κ2) is 7.61. The van der Waals surface area contributed by atoms with Crippen LogP contribution in [0.25, 0.3) is 0 Å². The molecule has 32 heavy (non-hydrogen) atoms. The van der Waals surface area contributed by atoms with E-state index < -0.39 is 0 Å². The Labute approximate surface area is 192 Å². The number of hydrogen-bond donors (Lipinski definition) is 0. The molecular weight excluding hydrogens is 392 g/mol. The van der Waals surface area contributed by atoms with Gasteiger partial charge in [-0.1, -0.05) is 70.5 Å². The molecule has 3 heterocycles. The van der Waals surface area contributed by atoms with Crippen LogP contribution in [0.1, 0.15) is 64.5 Å². The molecule has 4 heteroatoms. The first-order chi connectivity index (χ1) is 15.5. The second-order valence-electron chi connectivity index (χ2n) is 9.61.